The van der Waals surface area contributed by atoms with Gasteiger partial charge in [-0.2, -0.15) is 11.6 Å². The first-order chi connectivity index (χ1) is 10.8. The van der Waals surface area contributed by atoms with Crippen LogP contribution in [0.25, 0.3) is 0 Å². The Kier molecular flexibility index (Phi) is 4.85. The number of fused-ring (bicyclic) bond motifs is 5. The van der Waals surface area contributed by atoms with Crippen molar-refractivity contribution < 1.29 is 42.6 Å². The molecule has 129 valence electrons. The van der Waals surface area contributed by atoms with E-state index in [9.17, 15) is 9.90 Å². The minimum atomic E-state index is -0.895. The van der Waals surface area contributed by atoms with Crippen LogP contribution in [0, 0.1) is 35.2 Å². The van der Waals surface area contributed by atoms with E-state index in [4.69, 9.17) is 0 Å². The summed E-state index contributed by atoms with van der Waals surface area (Å²) in [6, 6.07) is 0. The Balaban J connectivity index is 0.00000169. The van der Waals surface area contributed by atoms with Gasteiger partial charge in [-0.25, -0.2) is 0 Å². The molecule has 4 aliphatic carbocycles. The molecule has 2 nitrogen and oxygen atoms in total. The molecule has 0 saturated heterocycles. The van der Waals surface area contributed by atoms with Crippen molar-refractivity contribution in [2.24, 2.45) is 29.1 Å². The number of Topliss-reactive ketones (excluding diaryl/α,β-unsaturated/α-hetero) is 1. The molecule has 6 unspecified atom stereocenters. The first-order valence-corrected chi connectivity index (χ1v) is 9.38. The van der Waals surface area contributed by atoms with Crippen LogP contribution in [0.1, 0.15) is 66.2 Å². The van der Waals surface area contributed by atoms with Crippen molar-refractivity contribution in [3.05, 3.63) is 22.8 Å². The molecule has 0 amide bonds. The number of hydrogen-bond acceptors (Lipinski definition) is 2. The number of carbonyl (C=O) groups excluding carboxylic acids is 1. The summed E-state index contributed by atoms with van der Waals surface area (Å²) in [6.45, 7) is 8.71. The SMILES string of the molecule is CC1=[C-]C(=O)C(C)=C2CCC3C(CCC4(C)C(C)CCC34)C12O.[Y]. The monoisotopic (exact) mass is 402 g/mol. The van der Waals surface area contributed by atoms with Gasteiger partial charge >= 0.3 is 0 Å². The average Bonchev–Trinajstić information content (AvgIpc) is 2.81. The van der Waals surface area contributed by atoms with Gasteiger partial charge in [-0.15, -0.1) is 18.1 Å². The topological polar surface area (TPSA) is 37.3 Å². The van der Waals surface area contributed by atoms with E-state index in [-0.39, 0.29) is 44.4 Å². The van der Waals surface area contributed by atoms with Gasteiger partial charge in [-0.05, 0) is 67.6 Å². The smallest absolute Gasteiger partial charge is 0.0777 e. The second-order valence-electron chi connectivity index (χ2n) is 8.89. The Bertz CT molecular complexity index is 634. The van der Waals surface area contributed by atoms with Crippen LogP contribution in [0.15, 0.2) is 16.7 Å². The molecule has 0 spiro atoms. The van der Waals surface area contributed by atoms with E-state index in [0.717, 1.165) is 47.8 Å². The zero-order valence-corrected chi connectivity index (χ0v) is 18.3. The first kappa shape index (κ1) is 19.0. The van der Waals surface area contributed by atoms with Crippen LogP contribution in [-0.4, -0.2) is 16.5 Å². The van der Waals surface area contributed by atoms with Crippen LogP contribution >= 0.6 is 0 Å². The van der Waals surface area contributed by atoms with E-state index in [1.165, 1.54) is 19.3 Å². The fourth-order valence-electron chi connectivity index (χ4n) is 6.67. The normalized spacial score (nSPS) is 47.4. The van der Waals surface area contributed by atoms with Gasteiger partial charge in [-0.1, -0.05) is 20.8 Å². The summed E-state index contributed by atoms with van der Waals surface area (Å²) in [6.07, 6.45) is 9.94. The molecule has 3 fully saturated rings. The molecule has 3 saturated carbocycles. The second-order valence-corrected chi connectivity index (χ2v) is 8.89. The predicted molar refractivity (Wildman–Crippen MR) is 90.5 cm³/mol. The quantitative estimate of drug-likeness (QED) is 0.616. The number of carbonyl (C=O) groups is 1. The molecule has 0 aromatic heterocycles. The molecule has 1 N–H and O–H groups in total. The van der Waals surface area contributed by atoms with E-state index in [0.29, 0.717) is 11.3 Å². The van der Waals surface area contributed by atoms with E-state index in [2.05, 4.69) is 19.9 Å². The van der Waals surface area contributed by atoms with E-state index >= 15 is 0 Å². The molecule has 0 heterocycles. The second kappa shape index (κ2) is 6.13. The molecule has 0 bridgehead atoms. The minimum absolute atomic E-state index is 0. The molecule has 4 rings (SSSR count). The molecule has 6 atom stereocenters. The van der Waals surface area contributed by atoms with Crippen LogP contribution in [-0.2, 0) is 37.5 Å². The molecule has 3 heteroatoms. The molecule has 24 heavy (non-hydrogen) atoms. The number of aliphatic hydroxyl groups is 1. The Morgan fingerprint density at radius 3 is 2.54 bits per heavy atom. The molecule has 0 aromatic carbocycles. The van der Waals surface area contributed by atoms with Crippen molar-refractivity contribution in [1.29, 1.82) is 0 Å². The summed E-state index contributed by atoms with van der Waals surface area (Å²) in [5, 5.41) is 11.7. The maximum atomic E-state index is 12.1. The molecule has 0 aromatic rings. The summed E-state index contributed by atoms with van der Waals surface area (Å²) in [7, 11) is 0. The third-order valence-corrected chi connectivity index (χ3v) is 8.30. The van der Waals surface area contributed by atoms with Crippen molar-refractivity contribution in [3.63, 3.8) is 0 Å². The van der Waals surface area contributed by atoms with Gasteiger partial charge in [0, 0.05) is 38.5 Å². The van der Waals surface area contributed by atoms with E-state index < -0.39 is 5.60 Å². The van der Waals surface area contributed by atoms with Crippen molar-refractivity contribution in [2.45, 2.75) is 71.8 Å². The Morgan fingerprint density at radius 2 is 1.83 bits per heavy atom. The summed E-state index contributed by atoms with van der Waals surface area (Å²) >= 11 is 0. The maximum Gasteiger partial charge on any atom is 0.0777 e. The summed E-state index contributed by atoms with van der Waals surface area (Å²) in [4.78, 5) is 12.1. The van der Waals surface area contributed by atoms with Gasteiger partial charge in [-0.3, -0.25) is 0 Å². The van der Waals surface area contributed by atoms with Crippen LogP contribution in [0.2, 0.25) is 0 Å². The molecular formula is C21H29O2Y-. The van der Waals surface area contributed by atoms with Gasteiger partial charge < -0.3 is 9.90 Å². The fraction of sp³-hybridized carbons (Fsp3) is 0.762. The molecular weight excluding hydrogens is 373 g/mol. The van der Waals surface area contributed by atoms with Crippen LogP contribution < -0.4 is 0 Å². The van der Waals surface area contributed by atoms with Crippen molar-refractivity contribution >= 4 is 5.78 Å². The number of rotatable bonds is 0. The van der Waals surface area contributed by atoms with Gasteiger partial charge in [0.2, 0.25) is 0 Å². The van der Waals surface area contributed by atoms with Crippen LogP contribution in [0.4, 0.5) is 0 Å². The Labute approximate surface area is 171 Å². The molecule has 4 aliphatic rings. The maximum absolute atomic E-state index is 12.1. The Hall–Kier alpha value is 0.214. The van der Waals surface area contributed by atoms with E-state index in [1.807, 2.05) is 13.8 Å². The number of hydrogen-bond donors (Lipinski definition) is 1. The van der Waals surface area contributed by atoms with Crippen LogP contribution in [0.5, 0.6) is 0 Å². The third-order valence-electron chi connectivity index (χ3n) is 8.30. The summed E-state index contributed by atoms with van der Waals surface area (Å²) < 4.78 is 0. The summed E-state index contributed by atoms with van der Waals surface area (Å²) in [5.41, 5.74) is 2.10. The standard InChI is InChI=1S/C21H29O2.Y/c1-12-5-7-17-15-6-8-16-14(3)19(22)11-13(2)21(16,23)18(15)9-10-20(12,17)4;/h12,15,17-18,23H,5-10H2,1-4H3;/q-1;. The minimum Gasteiger partial charge on any atom is -0.384 e. The molecule has 1 radical (unpaired) electrons. The van der Waals surface area contributed by atoms with Gasteiger partial charge in [0.05, 0.1) is 5.60 Å². The van der Waals surface area contributed by atoms with Gasteiger partial charge in [0.15, 0.2) is 0 Å². The summed E-state index contributed by atoms with van der Waals surface area (Å²) in [5.74, 6) is 2.41. The van der Waals surface area contributed by atoms with Gasteiger partial charge in [0.1, 0.15) is 0 Å². The fourth-order valence-corrected chi connectivity index (χ4v) is 6.67. The third kappa shape index (κ3) is 2.28. The largest absolute Gasteiger partial charge is 0.384 e. The zero-order chi connectivity index (χ0) is 16.6. The number of allylic oxidation sites excluding steroid dienone is 2. The number of ketones is 1. The van der Waals surface area contributed by atoms with Crippen molar-refractivity contribution in [1.82, 2.24) is 0 Å². The van der Waals surface area contributed by atoms with Crippen LogP contribution in [0.3, 0.4) is 0 Å². The zero-order valence-electron chi connectivity index (χ0n) is 15.5. The van der Waals surface area contributed by atoms with Crippen molar-refractivity contribution in [3.8, 4) is 0 Å². The first-order valence-electron chi connectivity index (χ1n) is 9.38. The Morgan fingerprint density at radius 1 is 1.12 bits per heavy atom. The predicted octanol–water partition coefficient (Wildman–Crippen LogP) is 4.24. The van der Waals surface area contributed by atoms with Crippen molar-refractivity contribution in [2.75, 3.05) is 0 Å². The molecule has 0 aliphatic heterocycles. The van der Waals surface area contributed by atoms with E-state index in [1.54, 1.807) is 0 Å². The average molecular weight is 402 g/mol. The van der Waals surface area contributed by atoms with Gasteiger partial charge in [0.25, 0.3) is 0 Å².